The SMILES string of the molecule is CC[C@@H](OC(=O)NC)OC(=O)Nc1ccccc1Cl. The highest BCUT2D eigenvalue weighted by molar-refractivity contribution is 6.33. The fourth-order valence-electron chi connectivity index (χ4n) is 1.19. The molecular formula is C12H15ClN2O4. The third-order valence-corrected chi connectivity index (χ3v) is 2.45. The van der Waals surface area contributed by atoms with Gasteiger partial charge < -0.3 is 14.8 Å². The van der Waals surface area contributed by atoms with Crippen molar-refractivity contribution in [1.82, 2.24) is 5.32 Å². The molecule has 6 nitrogen and oxygen atoms in total. The molecule has 104 valence electrons. The Morgan fingerprint density at radius 3 is 2.47 bits per heavy atom. The largest absolute Gasteiger partial charge is 0.414 e. The average Bonchev–Trinajstić information content (AvgIpc) is 2.40. The predicted octanol–water partition coefficient (Wildman–Crippen LogP) is 2.98. The van der Waals surface area contributed by atoms with Crippen LogP contribution in [-0.4, -0.2) is 25.5 Å². The van der Waals surface area contributed by atoms with Crippen LogP contribution in [0, 0.1) is 0 Å². The zero-order chi connectivity index (χ0) is 14.3. The summed E-state index contributed by atoms with van der Waals surface area (Å²) in [4.78, 5) is 22.6. The number of amides is 2. The Labute approximate surface area is 116 Å². The van der Waals surface area contributed by atoms with E-state index in [0.717, 1.165) is 0 Å². The lowest BCUT2D eigenvalue weighted by Crippen LogP contribution is -2.30. The predicted molar refractivity (Wildman–Crippen MR) is 71.2 cm³/mol. The second-order valence-corrected chi connectivity index (χ2v) is 3.91. The summed E-state index contributed by atoms with van der Waals surface area (Å²) in [6.07, 6.45) is -2.03. The van der Waals surface area contributed by atoms with Crippen LogP contribution in [0.2, 0.25) is 5.02 Å². The molecule has 0 radical (unpaired) electrons. The van der Waals surface area contributed by atoms with E-state index in [1.54, 1.807) is 31.2 Å². The molecule has 0 bridgehead atoms. The molecule has 2 N–H and O–H groups in total. The van der Waals surface area contributed by atoms with Gasteiger partial charge in [0.1, 0.15) is 0 Å². The van der Waals surface area contributed by atoms with E-state index in [0.29, 0.717) is 17.1 Å². The van der Waals surface area contributed by atoms with E-state index in [4.69, 9.17) is 21.1 Å². The van der Waals surface area contributed by atoms with Gasteiger partial charge >= 0.3 is 12.2 Å². The molecule has 1 atom stereocenters. The standard InChI is InChI=1S/C12H15ClN2O4/c1-3-10(18-11(16)14-2)19-12(17)15-9-7-5-4-6-8(9)13/h4-7,10H,3H2,1-2H3,(H,14,16)(H,15,17)/t10-/m0/s1. The van der Waals surface area contributed by atoms with Gasteiger partial charge in [0.15, 0.2) is 0 Å². The molecule has 1 aromatic carbocycles. The van der Waals surface area contributed by atoms with Gasteiger partial charge in [0.05, 0.1) is 10.7 Å². The van der Waals surface area contributed by atoms with Crippen molar-refractivity contribution in [3.63, 3.8) is 0 Å². The normalized spacial score (nSPS) is 11.3. The molecule has 0 aliphatic carbocycles. The number of hydrogen-bond acceptors (Lipinski definition) is 4. The number of ether oxygens (including phenoxy) is 2. The fraction of sp³-hybridized carbons (Fsp3) is 0.333. The molecule has 0 aliphatic heterocycles. The molecule has 0 heterocycles. The second kappa shape index (κ2) is 7.48. The molecule has 0 fully saturated rings. The summed E-state index contributed by atoms with van der Waals surface area (Å²) in [5.74, 6) is 0. The van der Waals surface area contributed by atoms with Crippen LogP contribution >= 0.6 is 11.6 Å². The monoisotopic (exact) mass is 286 g/mol. The Kier molecular flexibility index (Phi) is 5.95. The van der Waals surface area contributed by atoms with Gasteiger partial charge in [-0.2, -0.15) is 0 Å². The van der Waals surface area contributed by atoms with E-state index in [-0.39, 0.29) is 0 Å². The van der Waals surface area contributed by atoms with Gasteiger partial charge in [0.25, 0.3) is 6.29 Å². The smallest absolute Gasteiger partial charge is 0.409 e. The van der Waals surface area contributed by atoms with Crippen LogP contribution in [-0.2, 0) is 9.47 Å². The summed E-state index contributed by atoms with van der Waals surface area (Å²) >= 11 is 5.88. The van der Waals surface area contributed by atoms with Crippen molar-refractivity contribution in [2.45, 2.75) is 19.6 Å². The molecule has 7 heteroatoms. The maximum atomic E-state index is 11.6. The minimum Gasteiger partial charge on any atom is -0.409 e. The Balaban J connectivity index is 2.54. The van der Waals surface area contributed by atoms with Crippen molar-refractivity contribution in [3.8, 4) is 0 Å². The topological polar surface area (TPSA) is 76.7 Å². The van der Waals surface area contributed by atoms with Gasteiger partial charge in [-0.1, -0.05) is 30.7 Å². The molecule has 0 saturated heterocycles. The fourth-order valence-corrected chi connectivity index (χ4v) is 1.37. The summed E-state index contributed by atoms with van der Waals surface area (Å²) in [5.41, 5.74) is 0.420. The van der Waals surface area contributed by atoms with Crippen molar-refractivity contribution in [3.05, 3.63) is 29.3 Å². The maximum absolute atomic E-state index is 11.6. The van der Waals surface area contributed by atoms with E-state index in [1.807, 2.05) is 0 Å². The first-order valence-electron chi connectivity index (χ1n) is 5.67. The van der Waals surface area contributed by atoms with E-state index in [2.05, 4.69) is 10.6 Å². The van der Waals surface area contributed by atoms with Crippen LogP contribution in [0.25, 0.3) is 0 Å². The lowest BCUT2D eigenvalue weighted by molar-refractivity contribution is -0.0573. The molecule has 19 heavy (non-hydrogen) atoms. The van der Waals surface area contributed by atoms with E-state index >= 15 is 0 Å². The van der Waals surface area contributed by atoms with Gasteiger partial charge in [0, 0.05) is 13.5 Å². The first-order valence-corrected chi connectivity index (χ1v) is 6.05. The molecule has 0 aliphatic rings. The van der Waals surface area contributed by atoms with E-state index in [9.17, 15) is 9.59 Å². The van der Waals surface area contributed by atoms with Crippen molar-refractivity contribution in [1.29, 1.82) is 0 Å². The number of carbonyl (C=O) groups excluding carboxylic acids is 2. The van der Waals surface area contributed by atoms with Gasteiger partial charge in [-0.05, 0) is 12.1 Å². The second-order valence-electron chi connectivity index (χ2n) is 3.50. The molecular weight excluding hydrogens is 272 g/mol. The quantitative estimate of drug-likeness (QED) is 0.834. The Morgan fingerprint density at radius 2 is 1.89 bits per heavy atom. The number of halogens is 1. The average molecular weight is 287 g/mol. The molecule has 2 amide bonds. The van der Waals surface area contributed by atoms with Crippen LogP contribution in [0.5, 0.6) is 0 Å². The molecule has 0 spiro atoms. The van der Waals surface area contributed by atoms with E-state index in [1.165, 1.54) is 7.05 Å². The van der Waals surface area contributed by atoms with Crippen LogP contribution in [0.4, 0.5) is 15.3 Å². The molecule has 1 rings (SSSR count). The van der Waals surface area contributed by atoms with Crippen LogP contribution in [0.3, 0.4) is 0 Å². The number of rotatable bonds is 4. The van der Waals surface area contributed by atoms with Crippen LogP contribution in [0.15, 0.2) is 24.3 Å². The Bertz CT molecular complexity index is 453. The third-order valence-electron chi connectivity index (χ3n) is 2.13. The number of carbonyl (C=O) groups is 2. The highest BCUT2D eigenvalue weighted by Crippen LogP contribution is 2.20. The van der Waals surface area contributed by atoms with Crippen molar-refractivity contribution >= 4 is 29.5 Å². The van der Waals surface area contributed by atoms with E-state index < -0.39 is 18.5 Å². The third kappa shape index (κ3) is 5.05. The number of alkyl carbamates (subject to hydrolysis) is 1. The first-order chi connectivity index (χ1) is 9.06. The minimum absolute atomic E-state index is 0.337. The van der Waals surface area contributed by atoms with Gasteiger partial charge in [-0.15, -0.1) is 0 Å². The number of benzene rings is 1. The Hall–Kier alpha value is -1.95. The number of para-hydroxylation sites is 1. The zero-order valence-electron chi connectivity index (χ0n) is 10.6. The summed E-state index contributed by atoms with van der Waals surface area (Å²) in [5, 5.41) is 5.12. The molecule has 0 saturated carbocycles. The summed E-state index contributed by atoms with van der Waals surface area (Å²) in [6, 6.07) is 6.72. The van der Waals surface area contributed by atoms with Gasteiger partial charge in [-0.25, -0.2) is 9.59 Å². The summed E-state index contributed by atoms with van der Waals surface area (Å²) in [7, 11) is 1.42. The van der Waals surface area contributed by atoms with Crippen molar-refractivity contribution in [2.75, 3.05) is 12.4 Å². The first kappa shape index (κ1) is 15.1. The van der Waals surface area contributed by atoms with Crippen LogP contribution < -0.4 is 10.6 Å². The maximum Gasteiger partial charge on any atom is 0.414 e. The zero-order valence-corrected chi connectivity index (χ0v) is 11.4. The van der Waals surface area contributed by atoms with Crippen LogP contribution in [0.1, 0.15) is 13.3 Å². The Morgan fingerprint density at radius 1 is 1.26 bits per heavy atom. The molecule has 0 unspecified atom stereocenters. The number of hydrogen-bond donors (Lipinski definition) is 2. The minimum atomic E-state index is -0.956. The molecule has 1 aromatic rings. The van der Waals surface area contributed by atoms with Crippen molar-refractivity contribution in [2.24, 2.45) is 0 Å². The lowest BCUT2D eigenvalue weighted by atomic mass is 10.3. The van der Waals surface area contributed by atoms with Gasteiger partial charge in [0.2, 0.25) is 0 Å². The summed E-state index contributed by atoms with van der Waals surface area (Å²) in [6.45, 7) is 1.72. The highest BCUT2D eigenvalue weighted by atomic mass is 35.5. The highest BCUT2D eigenvalue weighted by Gasteiger charge is 2.16. The van der Waals surface area contributed by atoms with Gasteiger partial charge in [-0.3, -0.25) is 5.32 Å². The summed E-state index contributed by atoms with van der Waals surface area (Å²) < 4.78 is 9.76. The number of nitrogens with one attached hydrogen (secondary N) is 2. The van der Waals surface area contributed by atoms with Crippen molar-refractivity contribution < 1.29 is 19.1 Å². The lowest BCUT2D eigenvalue weighted by Gasteiger charge is -2.16. The molecule has 0 aromatic heterocycles. The number of anilines is 1.